The van der Waals surface area contributed by atoms with E-state index in [-0.39, 0.29) is 11.2 Å². The molecule has 1 aliphatic rings. The Morgan fingerprint density at radius 2 is 2.08 bits per heavy atom. The maximum atomic E-state index is 12.5. The first-order valence-corrected chi connectivity index (χ1v) is 9.78. The van der Waals surface area contributed by atoms with E-state index in [0.717, 1.165) is 12.0 Å². The fraction of sp³-hybridized carbons (Fsp3) is 0.556. The molecule has 3 unspecified atom stereocenters. The van der Waals surface area contributed by atoms with E-state index in [4.69, 9.17) is 0 Å². The van der Waals surface area contributed by atoms with Gasteiger partial charge in [0.25, 0.3) is 0 Å². The molecule has 1 aromatic carbocycles. The van der Waals surface area contributed by atoms with Gasteiger partial charge in [-0.2, -0.15) is 0 Å². The highest BCUT2D eigenvalue weighted by atomic mass is 32.2. The smallest absolute Gasteiger partial charge is 0.233 e. The van der Waals surface area contributed by atoms with Gasteiger partial charge in [-0.25, -0.2) is 4.68 Å². The standard InChI is InChI=1S/C18H25N5OS/c1-13-8-6-7-11-16(13)19-17(24)14(2)25-18-20-21-22-23(18)12-15-9-4-3-5-10-15/h3-5,9-10,13-14,16H,6-8,11-12H2,1-2H3,(H,19,24). The van der Waals surface area contributed by atoms with Gasteiger partial charge in [0.15, 0.2) is 0 Å². The van der Waals surface area contributed by atoms with Crippen molar-refractivity contribution in [3.63, 3.8) is 0 Å². The minimum atomic E-state index is -0.227. The second-order valence-corrected chi connectivity index (χ2v) is 8.05. The Morgan fingerprint density at radius 1 is 1.32 bits per heavy atom. The molecule has 1 fully saturated rings. The number of thioether (sulfide) groups is 1. The van der Waals surface area contributed by atoms with Crippen LogP contribution in [0.3, 0.4) is 0 Å². The first-order valence-electron chi connectivity index (χ1n) is 8.90. The number of hydrogen-bond donors (Lipinski definition) is 1. The van der Waals surface area contributed by atoms with Crippen LogP contribution >= 0.6 is 11.8 Å². The maximum absolute atomic E-state index is 12.5. The third-order valence-electron chi connectivity index (χ3n) is 4.76. The van der Waals surface area contributed by atoms with Gasteiger partial charge in [-0.3, -0.25) is 4.79 Å². The lowest BCUT2D eigenvalue weighted by Crippen LogP contribution is -2.44. The van der Waals surface area contributed by atoms with Crippen LogP contribution in [-0.2, 0) is 11.3 Å². The Hall–Kier alpha value is -1.89. The molecule has 1 aromatic heterocycles. The number of nitrogens with zero attached hydrogens (tertiary/aromatic N) is 4. The molecule has 25 heavy (non-hydrogen) atoms. The van der Waals surface area contributed by atoms with Gasteiger partial charge < -0.3 is 5.32 Å². The topological polar surface area (TPSA) is 72.7 Å². The molecule has 3 atom stereocenters. The summed E-state index contributed by atoms with van der Waals surface area (Å²) in [4.78, 5) is 12.5. The fourth-order valence-corrected chi connectivity index (χ4v) is 3.98. The van der Waals surface area contributed by atoms with Gasteiger partial charge in [-0.05, 0) is 41.7 Å². The fourth-order valence-electron chi connectivity index (χ4n) is 3.18. The van der Waals surface area contributed by atoms with Crippen LogP contribution in [0.15, 0.2) is 35.5 Å². The first kappa shape index (κ1) is 17.9. The molecule has 134 valence electrons. The van der Waals surface area contributed by atoms with Gasteiger partial charge >= 0.3 is 0 Å². The van der Waals surface area contributed by atoms with Gasteiger partial charge in [0.1, 0.15) is 0 Å². The Kier molecular flexibility index (Phi) is 6.07. The highest BCUT2D eigenvalue weighted by Crippen LogP contribution is 2.25. The zero-order valence-electron chi connectivity index (χ0n) is 14.8. The molecule has 1 amide bonds. The second-order valence-electron chi connectivity index (χ2n) is 6.74. The van der Waals surface area contributed by atoms with Crippen molar-refractivity contribution in [2.75, 3.05) is 0 Å². The minimum Gasteiger partial charge on any atom is -0.352 e. The van der Waals surface area contributed by atoms with Crippen molar-refractivity contribution in [1.29, 1.82) is 0 Å². The third kappa shape index (κ3) is 4.81. The predicted octanol–water partition coefficient (Wildman–Crippen LogP) is 2.90. The molecule has 2 aromatic rings. The molecule has 0 saturated heterocycles. The van der Waals surface area contributed by atoms with Gasteiger partial charge in [-0.1, -0.05) is 61.9 Å². The van der Waals surface area contributed by atoms with Crippen molar-refractivity contribution in [2.45, 2.75) is 62.5 Å². The lowest BCUT2D eigenvalue weighted by molar-refractivity contribution is -0.121. The van der Waals surface area contributed by atoms with Crippen molar-refractivity contribution < 1.29 is 4.79 Å². The highest BCUT2D eigenvalue weighted by molar-refractivity contribution is 8.00. The van der Waals surface area contributed by atoms with Gasteiger partial charge in [0, 0.05) is 6.04 Å². The van der Waals surface area contributed by atoms with Crippen LogP contribution in [0.25, 0.3) is 0 Å². The summed E-state index contributed by atoms with van der Waals surface area (Å²) in [6.45, 7) is 4.74. The van der Waals surface area contributed by atoms with Crippen LogP contribution in [0.5, 0.6) is 0 Å². The Morgan fingerprint density at radius 3 is 2.84 bits per heavy atom. The van der Waals surface area contributed by atoms with Crippen LogP contribution < -0.4 is 5.32 Å². The summed E-state index contributed by atoms with van der Waals surface area (Å²) >= 11 is 1.41. The van der Waals surface area contributed by atoms with Crippen molar-refractivity contribution in [1.82, 2.24) is 25.5 Å². The Bertz CT molecular complexity index is 690. The van der Waals surface area contributed by atoms with Crippen LogP contribution in [0.2, 0.25) is 0 Å². The molecule has 7 heteroatoms. The SMILES string of the molecule is CC(Sc1nnnn1Cc1ccccc1)C(=O)NC1CCCCC1C. The molecule has 1 aliphatic carbocycles. The normalized spacial score (nSPS) is 21.7. The summed E-state index contributed by atoms with van der Waals surface area (Å²) < 4.78 is 1.74. The van der Waals surface area contributed by atoms with Crippen molar-refractivity contribution in [2.24, 2.45) is 5.92 Å². The van der Waals surface area contributed by atoms with E-state index in [1.165, 1.54) is 31.0 Å². The average molecular weight is 359 g/mol. The van der Waals surface area contributed by atoms with Crippen LogP contribution in [0, 0.1) is 5.92 Å². The molecule has 1 heterocycles. The monoisotopic (exact) mass is 359 g/mol. The minimum absolute atomic E-state index is 0.0676. The number of nitrogens with one attached hydrogen (secondary N) is 1. The maximum Gasteiger partial charge on any atom is 0.233 e. The summed E-state index contributed by atoms with van der Waals surface area (Å²) in [5, 5.41) is 15.6. The molecule has 0 bridgehead atoms. The molecule has 0 spiro atoms. The van der Waals surface area contributed by atoms with Crippen molar-refractivity contribution in [3.05, 3.63) is 35.9 Å². The average Bonchev–Trinajstić information content (AvgIpc) is 3.04. The number of benzene rings is 1. The molecular weight excluding hydrogens is 334 g/mol. The third-order valence-corrected chi connectivity index (χ3v) is 5.84. The zero-order valence-corrected chi connectivity index (χ0v) is 15.6. The van der Waals surface area contributed by atoms with E-state index < -0.39 is 0 Å². The van der Waals surface area contributed by atoms with Gasteiger partial charge in [0.2, 0.25) is 11.1 Å². The predicted molar refractivity (Wildman–Crippen MR) is 98.2 cm³/mol. The molecular formula is C18H25N5OS. The van der Waals surface area contributed by atoms with Gasteiger partial charge in [0.05, 0.1) is 11.8 Å². The number of aromatic nitrogens is 4. The van der Waals surface area contributed by atoms with Crippen LogP contribution in [0.1, 0.15) is 45.1 Å². The quantitative estimate of drug-likeness (QED) is 0.803. The van der Waals surface area contributed by atoms with Crippen LogP contribution in [0.4, 0.5) is 0 Å². The first-order chi connectivity index (χ1) is 12.1. The number of amides is 1. The van der Waals surface area contributed by atoms with Gasteiger partial charge in [-0.15, -0.1) is 5.10 Å². The van der Waals surface area contributed by atoms with E-state index in [0.29, 0.717) is 23.7 Å². The number of hydrogen-bond acceptors (Lipinski definition) is 5. The number of tetrazole rings is 1. The molecule has 0 radical (unpaired) electrons. The highest BCUT2D eigenvalue weighted by Gasteiger charge is 2.26. The van der Waals surface area contributed by atoms with E-state index >= 15 is 0 Å². The van der Waals surface area contributed by atoms with Crippen molar-refractivity contribution >= 4 is 17.7 Å². The summed E-state index contributed by atoms with van der Waals surface area (Å²) in [5.74, 6) is 0.622. The van der Waals surface area contributed by atoms with Crippen molar-refractivity contribution in [3.8, 4) is 0 Å². The largest absolute Gasteiger partial charge is 0.352 e. The molecule has 0 aliphatic heterocycles. The summed E-state index contributed by atoms with van der Waals surface area (Å²) in [5.41, 5.74) is 1.13. The molecule has 3 rings (SSSR count). The van der Waals surface area contributed by atoms with E-state index in [9.17, 15) is 4.79 Å². The molecule has 1 saturated carbocycles. The summed E-state index contributed by atoms with van der Waals surface area (Å²) in [7, 11) is 0. The molecule has 1 N–H and O–H groups in total. The second kappa shape index (κ2) is 8.47. The lowest BCUT2D eigenvalue weighted by atomic mass is 9.86. The van der Waals surface area contributed by atoms with E-state index in [2.05, 4.69) is 27.8 Å². The number of carbonyl (C=O) groups is 1. The molecule has 6 nitrogen and oxygen atoms in total. The Balaban J connectivity index is 1.58. The summed E-state index contributed by atoms with van der Waals surface area (Å²) in [6.07, 6.45) is 4.75. The summed E-state index contributed by atoms with van der Waals surface area (Å²) in [6, 6.07) is 10.3. The Labute approximate surface area is 152 Å². The zero-order chi connectivity index (χ0) is 17.6. The van der Waals surface area contributed by atoms with Crippen LogP contribution in [-0.4, -0.2) is 37.4 Å². The lowest BCUT2D eigenvalue weighted by Gasteiger charge is -2.30. The number of carbonyl (C=O) groups excluding carboxylic acids is 1. The van der Waals surface area contributed by atoms with E-state index in [1.807, 2.05) is 37.3 Å². The number of rotatable bonds is 6. The van der Waals surface area contributed by atoms with E-state index in [1.54, 1.807) is 4.68 Å².